The van der Waals surface area contributed by atoms with Crippen LogP contribution in [0.4, 0.5) is 0 Å². The second-order valence-electron chi connectivity index (χ2n) is 7.66. The molecule has 4 aromatic carbocycles. The second kappa shape index (κ2) is 11.4. The summed E-state index contributed by atoms with van der Waals surface area (Å²) in [5.41, 5.74) is 1.81. The number of hydrogen-bond donors (Lipinski definition) is 0. The van der Waals surface area contributed by atoms with Gasteiger partial charge in [0.05, 0.1) is 13.3 Å². The Hall–Kier alpha value is -2.78. The average molecular weight is 520 g/mol. The van der Waals surface area contributed by atoms with Crippen molar-refractivity contribution in [2.45, 2.75) is 6.16 Å². The number of hydrogen-bond acceptors (Lipinski definition) is 2. The summed E-state index contributed by atoms with van der Waals surface area (Å²) in [6.07, 6.45) is 0.875. The number of amides is 1. The van der Waals surface area contributed by atoms with Gasteiger partial charge in [0.1, 0.15) is 23.2 Å². The summed E-state index contributed by atoms with van der Waals surface area (Å²) in [7, 11) is 1.15. The molecule has 1 amide bonds. The molecule has 0 aromatic heterocycles. The topological polar surface area (TPSA) is 29.5 Å². The average Bonchev–Trinajstić information content (AvgIpc) is 2.88. The van der Waals surface area contributed by atoms with Gasteiger partial charge in [0, 0.05) is 12.6 Å². The number of nitrogens with zero attached hydrogens (tertiary/aromatic N) is 1. The Bertz CT molecular complexity index is 1060. The standard InChI is InChI=1S/C28H27NO2P.BrH/c1-29(31-2)28(30)24-20-18-23(19-21-24)22-32(25-12-6-3-7-13-25,26-14-8-4-9-15-26)27-16-10-5-11-17-27;/h3-21H,22H2,1-2H3;1H/q+1;/p-1. The fourth-order valence-electron chi connectivity index (χ4n) is 4.06. The molecule has 0 fully saturated rings. The van der Waals surface area contributed by atoms with Crippen molar-refractivity contribution in [3.63, 3.8) is 0 Å². The Morgan fingerprint density at radius 2 is 1.09 bits per heavy atom. The molecule has 0 unspecified atom stereocenters. The highest BCUT2D eigenvalue weighted by atomic mass is 79.9. The SMILES string of the molecule is CON(C)C(=O)c1ccc(C[P+](c2ccccc2)(c2ccccc2)c2ccccc2)cc1.[Br-]. The molecule has 33 heavy (non-hydrogen) atoms. The van der Waals surface area contributed by atoms with Crippen LogP contribution in [-0.4, -0.2) is 25.1 Å². The van der Waals surface area contributed by atoms with Gasteiger partial charge in [0.2, 0.25) is 0 Å². The van der Waals surface area contributed by atoms with Gasteiger partial charge in [-0.3, -0.25) is 9.63 Å². The van der Waals surface area contributed by atoms with Crippen LogP contribution in [0.25, 0.3) is 0 Å². The van der Waals surface area contributed by atoms with Crippen LogP contribution < -0.4 is 32.9 Å². The predicted molar refractivity (Wildman–Crippen MR) is 134 cm³/mol. The van der Waals surface area contributed by atoms with E-state index >= 15 is 0 Å². The number of benzene rings is 4. The second-order valence-corrected chi connectivity index (χ2v) is 11.1. The van der Waals surface area contributed by atoms with Gasteiger partial charge >= 0.3 is 0 Å². The predicted octanol–water partition coefficient (Wildman–Crippen LogP) is 1.82. The number of carbonyl (C=O) groups is 1. The molecule has 0 N–H and O–H groups in total. The van der Waals surface area contributed by atoms with E-state index in [1.54, 1.807) is 7.05 Å². The zero-order valence-corrected chi connectivity index (χ0v) is 21.2. The van der Waals surface area contributed by atoms with Crippen molar-refractivity contribution < 1.29 is 26.6 Å². The maximum absolute atomic E-state index is 12.4. The smallest absolute Gasteiger partial charge is 0.277 e. The van der Waals surface area contributed by atoms with Crippen molar-refractivity contribution in [1.82, 2.24) is 5.06 Å². The largest absolute Gasteiger partial charge is 1.00 e. The minimum absolute atomic E-state index is 0. The summed E-state index contributed by atoms with van der Waals surface area (Å²) >= 11 is 0. The fraction of sp³-hybridized carbons (Fsp3) is 0.107. The van der Waals surface area contributed by atoms with Gasteiger partial charge in [-0.1, -0.05) is 66.7 Å². The first-order valence-corrected chi connectivity index (χ1v) is 12.6. The maximum atomic E-state index is 12.4. The third kappa shape index (κ3) is 5.25. The quantitative estimate of drug-likeness (QED) is 0.275. The summed E-state index contributed by atoms with van der Waals surface area (Å²) in [5.74, 6) is -0.158. The molecule has 0 heterocycles. The van der Waals surface area contributed by atoms with Crippen LogP contribution in [0.1, 0.15) is 15.9 Å². The van der Waals surface area contributed by atoms with Gasteiger partial charge in [-0.25, -0.2) is 5.06 Å². The van der Waals surface area contributed by atoms with Crippen LogP contribution in [0, 0.1) is 0 Å². The fourth-order valence-corrected chi connectivity index (χ4v) is 8.30. The van der Waals surface area contributed by atoms with Crippen LogP contribution in [0.5, 0.6) is 0 Å². The van der Waals surface area contributed by atoms with E-state index in [1.165, 1.54) is 33.7 Å². The van der Waals surface area contributed by atoms with Crippen molar-refractivity contribution in [2.75, 3.05) is 14.2 Å². The number of carbonyl (C=O) groups excluding carboxylic acids is 1. The van der Waals surface area contributed by atoms with Gasteiger partial charge in [0.15, 0.2) is 0 Å². The van der Waals surface area contributed by atoms with Gasteiger partial charge in [-0.05, 0) is 54.1 Å². The summed E-state index contributed by atoms with van der Waals surface area (Å²) in [5, 5.41) is 5.27. The molecular formula is C28H27BrNO2P. The molecule has 4 aromatic rings. The van der Waals surface area contributed by atoms with Crippen LogP contribution >= 0.6 is 7.26 Å². The van der Waals surface area contributed by atoms with E-state index in [0.29, 0.717) is 5.56 Å². The van der Waals surface area contributed by atoms with Crippen LogP contribution in [0.15, 0.2) is 115 Å². The Morgan fingerprint density at radius 3 is 1.45 bits per heavy atom. The number of hydroxylamine groups is 2. The summed E-state index contributed by atoms with van der Waals surface area (Å²) in [6, 6.07) is 40.4. The normalized spacial score (nSPS) is 10.8. The molecule has 0 saturated heterocycles. The molecule has 5 heteroatoms. The van der Waals surface area contributed by atoms with Gasteiger partial charge in [-0.2, -0.15) is 0 Å². The van der Waals surface area contributed by atoms with Gasteiger partial charge < -0.3 is 17.0 Å². The van der Waals surface area contributed by atoms with E-state index in [1.807, 2.05) is 12.1 Å². The molecule has 3 nitrogen and oxygen atoms in total. The highest BCUT2D eigenvalue weighted by Gasteiger charge is 2.45. The summed E-state index contributed by atoms with van der Waals surface area (Å²) in [4.78, 5) is 17.5. The molecular weight excluding hydrogens is 493 g/mol. The third-order valence-corrected chi connectivity index (χ3v) is 10.1. The molecule has 0 aliphatic rings. The van der Waals surface area contributed by atoms with E-state index in [9.17, 15) is 4.79 Å². The molecule has 4 rings (SSSR count). The lowest BCUT2D eigenvalue weighted by molar-refractivity contribution is -0.0756. The van der Waals surface area contributed by atoms with Gasteiger partial charge in [-0.15, -0.1) is 0 Å². The molecule has 0 aliphatic carbocycles. The van der Waals surface area contributed by atoms with E-state index in [4.69, 9.17) is 4.84 Å². The molecule has 0 aliphatic heterocycles. The minimum Gasteiger partial charge on any atom is -1.00 e. The highest BCUT2D eigenvalue weighted by molar-refractivity contribution is 7.95. The maximum Gasteiger partial charge on any atom is 0.277 e. The van der Waals surface area contributed by atoms with Crippen molar-refractivity contribution in [2.24, 2.45) is 0 Å². The zero-order chi connectivity index (χ0) is 22.4. The first-order chi connectivity index (χ1) is 15.6. The third-order valence-electron chi connectivity index (χ3n) is 5.77. The molecule has 0 atom stereocenters. The Balaban J connectivity index is 0.00000306. The first kappa shape index (κ1) is 24.9. The monoisotopic (exact) mass is 519 g/mol. The van der Waals surface area contributed by atoms with Crippen molar-refractivity contribution in [1.29, 1.82) is 0 Å². The van der Waals surface area contributed by atoms with Crippen LogP contribution in [-0.2, 0) is 11.0 Å². The zero-order valence-electron chi connectivity index (χ0n) is 18.8. The molecule has 0 radical (unpaired) electrons. The Labute approximate surface area is 207 Å². The number of halogens is 1. The summed E-state index contributed by atoms with van der Waals surface area (Å²) < 4.78 is 0. The number of rotatable bonds is 7. The van der Waals surface area contributed by atoms with E-state index in [0.717, 1.165) is 6.16 Å². The molecule has 0 saturated carbocycles. The molecule has 168 valence electrons. The van der Waals surface area contributed by atoms with E-state index < -0.39 is 7.26 Å². The lowest BCUT2D eigenvalue weighted by Gasteiger charge is -2.28. The Morgan fingerprint density at radius 1 is 0.697 bits per heavy atom. The van der Waals surface area contributed by atoms with Crippen LogP contribution in [0.2, 0.25) is 0 Å². The van der Waals surface area contributed by atoms with Crippen LogP contribution in [0.3, 0.4) is 0 Å². The van der Waals surface area contributed by atoms with E-state index in [-0.39, 0.29) is 22.9 Å². The van der Waals surface area contributed by atoms with Crippen molar-refractivity contribution >= 4 is 29.1 Å². The minimum atomic E-state index is -1.96. The van der Waals surface area contributed by atoms with Crippen molar-refractivity contribution in [3.05, 3.63) is 126 Å². The summed E-state index contributed by atoms with van der Waals surface area (Å²) in [6.45, 7) is 0. The van der Waals surface area contributed by atoms with Gasteiger partial charge in [0.25, 0.3) is 5.91 Å². The Kier molecular flexibility index (Phi) is 8.57. The highest BCUT2D eigenvalue weighted by Crippen LogP contribution is 2.58. The lowest BCUT2D eigenvalue weighted by atomic mass is 10.1. The van der Waals surface area contributed by atoms with E-state index in [2.05, 4.69) is 103 Å². The molecule has 0 spiro atoms. The van der Waals surface area contributed by atoms with Crippen molar-refractivity contribution in [3.8, 4) is 0 Å². The lowest BCUT2D eigenvalue weighted by Crippen LogP contribution is -3.00. The first-order valence-electron chi connectivity index (χ1n) is 10.6. The molecule has 0 bridgehead atoms.